The third-order valence-corrected chi connectivity index (χ3v) is 5.33. The average Bonchev–Trinajstić information content (AvgIpc) is 2.82. The molecule has 0 aliphatic rings. The van der Waals surface area contributed by atoms with Crippen molar-refractivity contribution in [2.24, 2.45) is 0 Å². The predicted octanol–water partition coefficient (Wildman–Crippen LogP) is 5.95. The number of amides is 1. The molecule has 6 nitrogen and oxygen atoms in total. The van der Waals surface area contributed by atoms with E-state index >= 15 is 0 Å². The van der Waals surface area contributed by atoms with Gasteiger partial charge in [-0.25, -0.2) is 9.97 Å². The maximum atomic E-state index is 13.1. The van der Waals surface area contributed by atoms with Crippen LogP contribution in [0.3, 0.4) is 0 Å². The summed E-state index contributed by atoms with van der Waals surface area (Å²) in [7, 11) is 0. The third-order valence-electron chi connectivity index (χ3n) is 5.08. The fraction of sp³-hybridized carbons (Fsp3) is 0.154. The molecule has 0 fully saturated rings. The van der Waals surface area contributed by atoms with Crippen molar-refractivity contribution in [1.82, 2.24) is 9.97 Å². The van der Waals surface area contributed by atoms with Gasteiger partial charge in [-0.05, 0) is 48.9 Å². The Bertz CT molecular complexity index is 1320. The number of hydrogen-bond acceptors (Lipinski definition) is 5. The van der Waals surface area contributed by atoms with E-state index in [2.05, 4.69) is 10.3 Å². The maximum absolute atomic E-state index is 13.1. The largest absolute Gasteiger partial charge is 0.464 e. The molecule has 0 saturated heterocycles. The molecule has 0 spiro atoms. The van der Waals surface area contributed by atoms with Crippen molar-refractivity contribution in [2.45, 2.75) is 26.4 Å². The minimum atomic E-state index is -0.770. The molecule has 0 saturated carbocycles. The van der Waals surface area contributed by atoms with Gasteiger partial charge in [0.1, 0.15) is 5.69 Å². The van der Waals surface area contributed by atoms with Gasteiger partial charge in [-0.1, -0.05) is 48.9 Å². The van der Waals surface area contributed by atoms with Crippen LogP contribution in [-0.2, 0) is 4.79 Å². The Balaban J connectivity index is 1.80. The molecule has 1 aromatic heterocycles. The van der Waals surface area contributed by atoms with Crippen LogP contribution in [0.25, 0.3) is 22.3 Å². The molecule has 4 rings (SSSR count). The molecule has 3 aromatic carbocycles. The van der Waals surface area contributed by atoms with E-state index in [-0.39, 0.29) is 17.6 Å². The molecule has 0 unspecified atom stereocenters. The highest BCUT2D eigenvalue weighted by molar-refractivity contribution is 6.30. The van der Waals surface area contributed by atoms with Crippen LogP contribution in [0.1, 0.15) is 30.6 Å². The van der Waals surface area contributed by atoms with Crippen LogP contribution in [0.15, 0.2) is 72.8 Å². The number of anilines is 1. The van der Waals surface area contributed by atoms with Crippen LogP contribution in [0.2, 0.25) is 5.02 Å². The monoisotopic (exact) mass is 459 g/mol. The Morgan fingerprint density at radius 3 is 2.24 bits per heavy atom. The van der Waals surface area contributed by atoms with Crippen molar-refractivity contribution in [3.8, 4) is 17.1 Å². The number of hydrogen-bond donors (Lipinski definition) is 1. The lowest BCUT2D eigenvalue weighted by Crippen LogP contribution is -2.27. The molecule has 0 aliphatic heterocycles. The third kappa shape index (κ3) is 5.02. The Labute approximate surface area is 196 Å². The van der Waals surface area contributed by atoms with Gasteiger partial charge in [0.2, 0.25) is 17.6 Å². The number of nitrogens with one attached hydrogen (secondary N) is 1. The van der Waals surface area contributed by atoms with Gasteiger partial charge in [0.15, 0.2) is 6.10 Å². The molecule has 1 N–H and O–H groups in total. The predicted molar refractivity (Wildman–Crippen MR) is 130 cm³/mol. The first-order chi connectivity index (χ1) is 16.0. The van der Waals surface area contributed by atoms with E-state index in [0.29, 0.717) is 45.0 Å². The van der Waals surface area contributed by atoms with Gasteiger partial charge in [0.25, 0.3) is 0 Å². The molecule has 4 aromatic rings. The average molecular weight is 460 g/mol. The second kappa shape index (κ2) is 9.79. The second-order valence-electron chi connectivity index (χ2n) is 7.48. The number of ketones is 1. The number of ether oxygens (including phenoxy) is 1. The lowest BCUT2D eigenvalue weighted by atomic mass is 10.0. The molecule has 1 heterocycles. The second-order valence-corrected chi connectivity index (χ2v) is 7.92. The number of benzene rings is 3. The molecule has 0 radical (unpaired) electrons. The van der Waals surface area contributed by atoms with Crippen molar-refractivity contribution < 1.29 is 14.3 Å². The number of para-hydroxylation sites is 3. The maximum Gasteiger partial charge on any atom is 0.242 e. The summed E-state index contributed by atoms with van der Waals surface area (Å²) in [6, 6.07) is 21.4. The first-order valence-corrected chi connectivity index (χ1v) is 10.9. The van der Waals surface area contributed by atoms with E-state index < -0.39 is 6.10 Å². The smallest absolute Gasteiger partial charge is 0.242 e. The molecule has 1 amide bonds. The Kier molecular flexibility index (Phi) is 6.66. The molecule has 7 heteroatoms. The normalized spacial score (nSPS) is 11.7. The van der Waals surface area contributed by atoms with E-state index in [9.17, 15) is 9.59 Å². The van der Waals surface area contributed by atoms with Crippen molar-refractivity contribution in [3.05, 3.63) is 83.4 Å². The molecular weight excluding hydrogens is 438 g/mol. The van der Waals surface area contributed by atoms with E-state index in [1.807, 2.05) is 49.4 Å². The molecular formula is C26H22ClN3O3. The van der Waals surface area contributed by atoms with Gasteiger partial charge >= 0.3 is 0 Å². The Morgan fingerprint density at radius 1 is 0.939 bits per heavy atom. The van der Waals surface area contributed by atoms with Gasteiger partial charge in [-0.15, -0.1) is 0 Å². The summed E-state index contributed by atoms with van der Waals surface area (Å²) < 4.78 is 6.19. The highest BCUT2D eigenvalue weighted by atomic mass is 35.5. The molecule has 1 atom stereocenters. The van der Waals surface area contributed by atoms with Crippen molar-refractivity contribution in [3.63, 3.8) is 0 Å². The molecule has 0 bridgehead atoms. The Hall–Kier alpha value is -3.77. The minimum Gasteiger partial charge on any atom is -0.464 e. The van der Waals surface area contributed by atoms with Crippen molar-refractivity contribution in [2.75, 3.05) is 5.32 Å². The SMILES string of the molecule is CC[C@H](Oc1nc2ccccc2nc1-c1ccccc1NC(C)=O)C(=O)c1ccc(Cl)cc1. The number of halogens is 1. The zero-order valence-corrected chi connectivity index (χ0v) is 19.0. The summed E-state index contributed by atoms with van der Waals surface area (Å²) in [5.41, 5.74) is 3.49. The van der Waals surface area contributed by atoms with Gasteiger partial charge < -0.3 is 10.1 Å². The van der Waals surface area contributed by atoms with Crippen LogP contribution in [-0.4, -0.2) is 27.8 Å². The lowest BCUT2D eigenvalue weighted by molar-refractivity contribution is -0.114. The van der Waals surface area contributed by atoms with E-state index in [1.165, 1.54) is 6.92 Å². The van der Waals surface area contributed by atoms with Crippen LogP contribution >= 0.6 is 11.6 Å². The number of Topliss-reactive ketones (excluding diaryl/α,β-unsaturated/α-hetero) is 1. The standard InChI is InChI=1S/C26H22ClN3O3/c1-3-23(25(32)17-12-14-18(27)15-13-17)33-26-24(29-21-10-6-7-11-22(21)30-26)19-8-4-5-9-20(19)28-16(2)31/h4-15,23H,3H2,1-2H3,(H,28,31)/t23-/m0/s1. The van der Waals surface area contributed by atoms with Crippen LogP contribution in [0.5, 0.6) is 5.88 Å². The van der Waals surface area contributed by atoms with Gasteiger partial charge in [-0.3, -0.25) is 9.59 Å². The Morgan fingerprint density at radius 2 is 1.58 bits per heavy atom. The zero-order chi connectivity index (χ0) is 23.4. The first-order valence-electron chi connectivity index (χ1n) is 10.6. The zero-order valence-electron chi connectivity index (χ0n) is 18.2. The van der Waals surface area contributed by atoms with Gasteiger partial charge in [0.05, 0.1) is 16.7 Å². The number of carbonyl (C=O) groups excluding carboxylic acids is 2. The summed E-state index contributed by atoms with van der Waals surface area (Å²) in [6.07, 6.45) is -0.337. The highest BCUT2D eigenvalue weighted by Crippen LogP contribution is 2.34. The molecule has 166 valence electrons. The summed E-state index contributed by atoms with van der Waals surface area (Å²) in [6.45, 7) is 3.32. The number of fused-ring (bicyclic) bond motifs is 1. The first kappa shape index (κ1) is 22.4. The molecule has 0 aliphatic carbocycles. The number of rotatable bonds is 7. The van der Waals surface area contributed by atoms with Gasteiger partial charge in [-0.2, -0.15) is 0 Å². The molecule has 33 heavy (non-hydrogen) atoms. The van der Waals surface area contributed by atoms with Crippen molar-refractivity contribution in [1.29, 1.82) is 0 Å². The topological polar surface area (TPSA) is 81.2 Å². The number of carbonyl (C=O) groups is 2. The van der Waals surface area contributed by atoms with Crippen LogP contribution < -0.4 is 10.1 Å². The highest BCUT2D eigenvalue weighted by Gasteiger charge is 2.24. The quantitative estimate of drug-likeness (QED) is 0.345. The van der Waals surface area contributed by atoms with Crippen molar-refractivity contribution >= 4 is 40.0 Å². The van der Waals surface area contributed by atoms with E-state index in [0.717, 1.165) is 0 Å². The van der Waals surface area contributed by atoms with Gasteiger partial charge in [0, 0.05) is 23.1 Å². The summed E-state index contributed by atoms with van der Waals surface area (Å²) in [5.74, 6) is -0.158. The number of aromatic nitrogens is 2. The van der Waals surface area contributed by atoms with E-state index in [1.54, 1.807) is 30.3 Å². The summed E-state index contributed by atoms with van der Waals surface area (Å²) in [5, 5.41) is 3.38. The summed E-state index contributed by atoms with van der Waals surface area (Å²) in [4.78, 5) is 34.4. The number of nitrogens with zero attached hydrogens (tertiary/aromatic N) is 2. The van der Waals surface area contributed by atoms with Crippen LogP contribution in [0, 0.1) is 0 Å². The fourth-order valence-corrected chi connectivity index (χ4v) is 3.61. The fourth-order valence-electron chi connectivity index (χ4n) is 3.49. The lowest BCUT2D eigenvalue weighted by Gasteiger charge is -2.19. The van der Waals surface area contributed by atoms with E-state index in [4.69, 9.17) is 21.3 Å². The summed E-state index contributed by atoms with van der Waals surface area (Å²) >= 11 is 5.96. The van der Waals surface area contributed by atoms with Crippen LogP contribution in [0.4, 0.5) is 5.69 Å². The minimum absolute atomic E-state index is 0.176.